The molecule has 0 aliphatic carbocycles. The summed E-state index contributed by atoms with van der Waals surface area (Å²) < 4.78 is 32.1. The van der Waals surface area contributed by atoms with Crippen molar-refractivity contribution in [2.75, 3.05) is 13.1 Å². The van der Waals surface area contributed by atoms with Crippen LogP contribution in [0.2, 0.25) is 0 Å². The molecule has 166 valence electrons. The number of halogens is 2. The second-order valence-electron chi connectivity index (χ2n) is 7.93. The second-order valence-corrected chi connectivity index (χ2v) is 7.93. The van der Waals surface area contributed by atoms with Crippen molar-refractivity contribution < 1.29 is 28.2 Å². The number of ether oxygens (including phenoxy) is 1. The van der Waals surface area contributed by atoms with E-state index in [-0.39, 0.29) is 35.0 Å². The number of aromatic hydroxyl groups is 1. The minimum atomic E-state index is -0.968. The number of para-hydroxylation sites is 1. The second kappa shape index (κ2) is 9.76. The molecule has 0 bridgehead atoms. The maximum atomic E-state index is 13.4. The van der Waals surface area contributed by atoms with Crippen molar-refractivity contribution in [3.63, 3.8) is 0 Å². The highest BCUT2D eigenvalue weighted by Gasteiger charge is 2.32. The Morgan fingerprint density at radius 1 is 1.10 bits per heavy atom. The number of rotatable bonds is 6. The first-order valence-electron chi connectivity index (χ1n) is 10.3. The number of amides is 2. The highest BCUT2D eigenvalue weighted by Crippen LogP contribution is 2.22. The number of piperidine rings is 1. The van der Waals surface area contributed by atoms with Crippen molar-refractivity contribution in [1.29, 1.82) is 0 Å². The van der Waals surface area contributed by atoms with Crippen molar-refractivity contribution in [2.45, 2.75) is 38.8 Å². The van der Waals surface area contributed by atoms with Crippen LogP contribution in [0.3, 0.4) is 0 Å². The number of benzene rings is 2. The molecule has 0 radical (unpaired) electrons. The number of nitrogens with one attached hydrogen (secondary N) is 1. The molecular formula is C23H26F2N2O4. The third-order valence-electron chi connectivity index (χ3n) is 5.32. The van der Waals surface area contributed by atoms with Crippen LogP contribution in [-0.2, 0) is 4.79 Å². The Balaban J connectivity index is 1.58. The first kappa shape index (κ1) is 22.5. The number of hydrogen-bond acceptors (Lipinski definition) is 4. The average molecular weight is 432 g/mol. The molecule has 0 unspecified atom stereocenters. The van der Waals surface area contributed by atoms with Crippen molar-refractivity contribution in [1.82, 2.24) is 10.2 Å². The molecule has 2 amide bonds. The monoisotopic (exact) mass is 432 g/mol. The predicted molar refractivity (Wildman–Crippen MR) is 111 cm³/mol. The Morgan fingerprint density at radius 3 is 2.39 bits per heavy atom. The molecule has 1 aliphatic heterocycles. The van der Waals surface area contributed by atoms with E-state index in [1.54, 1.807) is 17.0 Å². The van der Waals surface area contributed by atoms with Crippen LogP contribution in [0.1, 0.15) is 37.0 Å². The fourth-order valence-corrected chi connectivity index (χ4v) is 3.53. The Labute approximate surface area is 179 Å². The van der Waals surface area contributed by atoms with Crippen LogP contribution >= 0.6 is 0 Å². The van der Waals surface area contributed by atoms with Gasteiger partial charge in [-0.1, -0.05) is 26.0 Å². The van der Waals surface area contributed by atoms with Crippen LogP contribution in [0.5, 0.6) is 11.5 Å². The summed E-state index contributed by atoms with van der Waals surface area (Å²) in [5.74, 6) is -2.67. The third-order valence-corrected chi connectivity index (χ3v) is 5.32. The fourth-order valence-electron chi connectivity index (χ4n) is 3.53. The average Bonchev–Trinajstić information content (AvgIpc) is 2.74. The van der Waals surface area contributed by atoms with E-state index < -0.39 is 23.6 Å². The normalized spacial score (nSPS) is 15.6. The van der Waals surface area contributed by atoms with E-state index in [0.717, 1.165) is 12.1 Å². The first-order valence-corrected chi connectivity index (χ1v) is 10.3. The lowest BCUT2D eigenvalue weighted by atomic mass is 9.99. The molecule has 0 aromatic heterocycles. The summed E-state index contributed by atoms with van der Waals surface area (Å²) in [5.41, 5.74) is 0.111. The van der Waals surface area contributed by atoms with E-state index in [9.17, 15) is 23.5 Å². The summed E-state index contributed by atoms with van der Waals surface area (Å²) in [6.07, 6.45) is 0.841. The van der Waals surface area contributed by atoms with E-state index in [4.69, 9.17) is 4.74 Å². The number of nitrogens with zero attached hydrogens (tertiary/aromatic N) is 1. The van der Waals surface area contributed by atoms with Crippen LogP contribution in [0.25, 0.3) is 0 Å². The summed E-state index contributed by atoms with van der Waals surface area (Å²) in [6.45, 7) is 4.52. The molecule has 0 saturated carbocycles. The van der Waals surface area contributed by atoms with Crippen LogP contribution in [0.4, 0.5) is 8.78 Å². The quantitative estimate of drug-likeness (QED) is 0.733. The van der Waals surface area contributed by atoms with Gasteiger partial charge in [-0.2, -0.15) is 0 Å². The fraction of sp³-hybridized carbons (Fsp3) is 0.391. The molecule has 2 N–H and O–H groups in total. The SMILES string of the molecule is CC(C)[C@H](NC(=O)c1ccccc1O)C(=O)N1CCC(Oc2ccc(F)c(F)c2)CC1. The Hall–Kier alpha value is -3.16. The lowest BCUT2D eigenvalue weighted by Crippen LogP contribution is -2.53. The molecule has 8 heteroatoms. The molecular weight excluding hydrogens is 406 g/mol. The lowest BCUT2D eigenvalue weighted by Gasteiger charge is -2.35. The minimum absolute atomic E-state index is 0.111. The summed E-state index contributed by atoms with van der Waals surface area (Å²) in [5, 5.41) is 12.6. The summed E-state index contributed by atoms with van der Waals surface area (Å²) >= 11 is 0. The van der Waals surface area contributed by atoms with Crippen LogP contribution in [0.15, 0.2) is 42.5 Å². The van der Waals surface area contributed by atoms with Gasteiger partial charge in [0.1, 0.15) is 23.6 Å². The smallest absolute Gasteiger partial charge is 0.255 e. The predicted octanol–water partition coefficient (Wildman–Crippen LogP) is 3.49. The van der Waals surface area contributed by atoms with Crippen LogP contribution in [-0.4, -0.2) is 47.1 Å². The molecule has 1 fully saturated rings. The summed E-state index contributed by atoms with van der Waals surface area (Å²) in [7, 11) is 0. The molecule has 31 heavy (non-hydrogen) atoms. The Morgan fingerprint density at radius 2 is 1.77 bits per heavy atom. The van der Waals surface area contributed by atoms with Crippen molar-refractivity contribution in [2.24, 2.45) is 5.92 Å². The number of carbonyl (C=O) groups is 2. The zero-order chi connectivity index (χ0) is 22.5. The van der Waals surface area contributed by atoms with Crippen molar-refractivity contribution in [3.05, 3.63) is 59.7 Å². The maximum absolute atomic E-state index is 13.4. The van der Waals surface area contributed by atoms with Crippen LogP contribution in [0, 0.1) is 17.6 Å². The molecule has 2 aromatic rings. The number of phenolic OH excluding ortho intramolecular Hbond substituents is 1. The van der Waals surface area contributed by atoms with Crippen molar-refractivity contribution >= 4 is 11.8 Å². The van der Waals surface area contributed by atoms with Gasteiger partial charge in [-0.25, -0.2) is 8.78 Å². The van der Waals surface area contributed by atoms with E-state index in [1.165, 1.54) is 18.2 Å². The van der Waals surface area contributed by atoms with Gasteiger partial charge in [0.15, 0.2) is 11.6 Å². The molecule has 1 saturated heterocycles. The van der Waals surface area contributed by atoms with E-state index in [0.29, 0.717) is 25.9 Å². The molecule has 1 heterocycles. The third kappa shape index (κ3) is 5.51. The standard InChI is InChI=1S/C23H26F2N2O4/c1-14(2)21(26-22(29)17-5-3-4-6-20(17)28)23(30)27-11-9-15(10-12-27)31-16-7-8-18(24)19(25)13-16/h3-8,13-15,21,28H,9-12H2,1-2H3,(H,26,29)/t21-/m0/s1. The van der Waals surface area contributed by atoms with Crippen molar-refractivity contribution in [3.8, 4) is 11.5 Å². The van der Waals surface area contributed by atoms with Gasteiger partial charge in [0, 0.05) is 32.0 Å². The van der Waals surface area contributed by atoms with Crippen LogP contribution < -0.4 is 10.1 Å². The highest BCUT2D eigenvalue weighted by molar-refractivity contribution is 5.99. The van der Waals surface area contributed by atoms with Gasteiger partial charge in [-0.15, -0.1) is 0 Å². The highest BCUT2D eigenvalue weighted by atomic mass is 19.2. The molecule has 2 aromatic carbocycles. The minimum Gasteiger partial charge on any atom is -0.507 e. The van der Waals surface area contributed by atoms with E-state index in [1.807, 2.05) is 13.8 Å². The van der Waals surface area contributed by atoms with Gasteiger partial charge in [-0.05, 0) is 30.2 Å². The number of carbonyl (C=O) groups excluding carboxylic acids is 2. The van der Waals surface area contributed by atoms with Gasteiger partial charge < -0.3 is 20.1 Å². The maximum Gasteiger partial charge on any atom is 0.255 e. The molecule has 6 nitrogen and oxygen atoms in total. The number of likely N-dealkylation sites (tertiary alicyclic amines) is 1. The zero-order valence-corrected chi connectivity index (χ0v) is 17.5. The summed E-state index contributed by atoms with van der Waals surface area (Å²) in [4.78, 5) is 27.3. The zero-order valence-electron chi connectivity index (χ0n) is 17.5. The van der Waals surface area contributed by atoms with Gasteiger partial charge in [0.25, 0.3) is 5.91 Å². The van der Waals surface area contributed by atoms with E-state index in [2.05, 4.69) is 5.32 Å². The summed E-state index contributed by atoms with van der Waals surface area (Å²) in [6, 6.07) is 8.82. The first-order chi connectivity index (χ1) is 14.8. The Bertz CT molecular complexity index is 943. The molecule has 3 rings (SSSR count). The van der Waals surface area contributed by atoms with Gasteiger partial charge in [-0.3, -0.25) is 9.59 Å². The van der Waals surface area contributed by atoms with Gasteiger partial charge in [0.05, 0.1) is 5.56 Å². The molecule has 0 spiro atoms. The van der Waals surface area contributed by atoms with Gasteiger partial charge in [0.2, 0.25) is 5.91 Å². The topological polar surface area (TPSA) is 78.9 Å². The molecule has 1 aliphatic rings. The number of phenols is 1. The largest absolute Gasteiger partial charge is 0.507 e. The van der Waals surface area contributed by atoms with Gasteiger partial charge >= 0.3 is 0 Å². The number of hydrogen-bond donors (Lipinski definition) is 2. The Kier molecular flexibility index (Phi) is 7.09. The molecule has 1 atom stereocenters. The van der Waals surface area contributed by atoms with E-state index >= 15 is 0 Å². The lowest BCUT2D eigenvalue weighted by molar-refractivity contribution is -0.136.